The zero-order valence-corrected chi connectivity index (χ0v) is 17.6. The van der Waals surface area contributed by atoms with Crippen LogP contribution >= 0.6 is 0 Å². The summed E-state index contributed by atoms with van der Waals surface area (Å²) in [7, 11) is 0. The van der Waals surface area contributed by atoms with Crippen LogP contribution in [-0.4, -0.2) is 30.3 Å². The standard InChI is InChI=1S/C25H24N2O5/c1-18(25(30)27-26-23(28)16-17-31-21-10-6-3-7-11-21)32-22-14-12-20(13-15-22)24(29)19-8-4-2-5-9-19/h2-15,18H,16-17H2,1H3,(H,26,28)(H,27,30)/t18-/m1/s1. The largest absolute Gasteiger partial charge is 0.493 e. The first-order valence-electron chi connectivity index (χ1n) is 10.2. The number of nitrogens with one attached hydrogen (secondary N) is 2. The molecule has 0 heterocycles. The van der Waals surface area contributed by atoms with Crippen LogP contribution in [0.2, 0.25) is 0 Å². The molecule has 0 aliphatic rings. The highest BCUT2D eigenvalue weighted by atomic mass is 16.5. The Balaban J connectivity index is 1.41. The second kappa shape index (κ2) is 11.3. The number of ketones is 1. The quantitative estimate of drug-likeness (QED) is 0.400. The molecule has 0 aliphatic carbocycles. The third-order valence-corrected chi connectivity index (χ3v) is 4.50. The van der Waals surface area contributed by atoms with Crippen molar-refractivity contribution in [1.82, 2.24) is 10.9 Å². The molecule has 0 spiro atoms. The molecule has 0 bridgehead atoms. The lowest BCUT2D eigenvalue weighted by molar-refractivity contribution is -0.132. The number of rotatable bonds is 9. The molecule has 164 valence electrons. The molecule has 0 unspecified atom stereocenters. The van der Waals surface area contributed by atoms with Crippen molar-refractivity contribution in [2.75, 3.05) is 6.61 Å². The topological polar surface area (TPSA) is 93.7 Å². The Morgan fingerprint density at radius 3 is 2.00 bits per heavy atom. The van der Waals surface area contributed by atoms with E-state index in [2.05, 4.69) is 10.9 Å². The summed E-state index contributed by atoms with van der Waals surface area (Å²) >= 11 is 0. The second-order valence-electron chi connectivity index (χ2n) is 6.93. The summed E-state index contributed by atoms with van der Waals surface area (Å²) in [6.07, 6.45) is -0.770. The number of hydrazine groups is 1. The predicted molar refractivity (Wildman–Crippen MR) is 119 cm³/mol. The van der Waals surface area contributed by atoms with Crippen molar-refractivity contribution < 1.29 is 23.9 Å². The number of ether oxygens (including phenoxy) is 2. The predicted octanol–water partition coefficient (Wildman–Crippen LogP) is 3.30. The molecule has 2 N–H and O–H groups in total. The third kappa shape index (κ3) is 6.70. The highest BCUT2D eigenvalue weighted by molar-refractivity contribution is 6.09. The van der Waals surface area contributed by atoms with Gasteiger partial charge in [-0.3, -0.25) is 25.2 Å². The Morgan fingerprint density at radius 1 is 0.750 bits per heavy atom. The molecular weight excluding hydrogens is 408 g/mol. The van der Waals surface area contributed by atoms with Crippen LogP contribution in [0, 0.1) is 0 Å². The van der Waals surface area contributed by atoms with E-state index < -0.39 is 12.0 Å². The van der Waals surface area contributed by atoms with Crippen LogP contribution in [0.5, 0.6) is 11.5 Å². The maximum absolute atomic E-state index is 12.4. The number of hydrogen-bond donors (Lipinski definition) is 2. The molecule has 3 aromatic rings. The van der Waals surface area contributed by atoms with E-state index in [4.69, 9.17) is 9.47 Å². The molecule has 0 saturated heterocycles. The zero-order valence-electron chi connectivity index (χ0n) is 17.6. The summed E-state index contributed by atoms with van der Waals surface area (Å²) in [6, 6.07) is 24.6. The lowest BCUT2D eigenvalue weighted by Crippen LogP contribution is -2.47. The minimum Gasteiger partial charge on any atom is -0.493 e. The van der Waals surface area contributed by atoms with Gasteiger partial charge in [-0.05, 0) is 43.3 Å². The van der Waals surface area contributed by atoms with Crippen LogP contribution in [-0.2, 0) is 9.59 Å². The minimum atomic E-state index is -0.855. The molecule has 0 aromatic heterocycles. The normalized spacial score (nSPS) is 11.2. The molecule has 0 aliphatic heterocycles. The van der Waals surface area contributed by atoms with Gasteiger partial charge in [-0.25, -0.2) is 0 Å². The Labute approximate surface area is 186 Å². The van der Waals surface area contributed by atoms with Crippen LogP contribution in [0.3, 0.4) is 0 Å². The van der Waals surface area contributed by atoms with Crippen LogP contribution in [0.4, 0.5) is 0 Å². The van der Waals surface area contributed by atoms with Gasteiger partial charge in [0.2, 0.25) is 5.91 Å². The number of benzene rings is 3. The highest BCUT2D eigenvalue weighted by Gasteiger charge is 2.16. The molecule has 3 rings (SSSR count). The van der Waals surface area contributed by atoms with E-state index in [1.807, 2.05) is 24.3 Å². The fourth-order valence-corrected chi connectivity index (χ4v) is 2.77. The zero-order chi connectivity index (χ0) is 22.8. The van der Waals surface area contributed by atoms with Crippen LogP contribution in [0.1, 0.15) is 29.3 Å². The van der Waals surface area contributed by atoms with Crippen LogP contribution in [0.15, 0.2) is 84.9 Å². The third-order valence-electron chi connectivity index (χ3n) is 4.50. The number of para-hydroxylation sites is 1. The van der Waals surface area contributed by atoms with Gasteiger partial charge in [0.15, 0.2) is 11.9 Å². The molecule has 0 radical (unpaired) electrons. The Bertz CT molecular complexity index is 1040. The first kappa shape index (κ1) is 22.6. The van der Waals surface area contributed by atoms with Gasteiger partial charge in [-0.2, -0.15) is 0 Å². The smallest absolute Gasteiger partial charge is 0.279 e. The van der Waals surface area contributed by atoms with Crippen molar-refractivity contribution in [1.29, 1.82) is 0 Å². The average molecular weight is 432 g/mol. The molecular formula is C25H24N2O5. The molecule has 7 heteroatoms. The van der Waals surface area contributed by atoms with Crippen molar-refractivity contribution in [3.63, 3.8) is 0 Å². The van der Waals surface area contributed by atoms with Gasteiger partial charge in [-0.1, -0.05) is 48.5 Å². The van der Waals surface area contributed by atoms with E-state index in [0.29, 0.717) is 22.6 Å². The van der Waals surface area contributed by atoms with E-state index in [-0.39, 0.29) is 24.7 Å². The van der Waals surface area contributed by atoms with Gasteiger partial charge in [-0.15, -0.1) is 0 Å². The SMILES string of the molecule is C[C@@H](Oc1ccc(C(=O)c2ccccc2)cc1)C(=O)NNC(=O)CCOc1ccccc1. The maximum atomic E-state index is 12.4. The van der Waals surface area contributed by atoms with E-state index in [9.17, 15) is 14.4 Å². The van der Waals surface area contributed by atoms with E-state index >= 15 is 0 Å². The van der Waals surface area contributed by atoms with Gasteiger partial charge in [0.05, 0.1) is 13.0 Å². The van der Waals surface area contributed by atoms with Crippen molar-refractivity contribution in [2.45, 2.75) is 19.4 Å². The van der Waals surface area contributed by atoms with Gasteiger partial charge >= 0.3 is 0 Å². The van der Waals surface area contributed by atoms with Crippen molar-refractivity contribution in [3.8, 4) is 11.5 Å². The fraction of sp³-hybridized carbons (Fsp3) is 0.160. The number of hydrogen-bond acceptors (Lipinski definition) is 5. The van der Waals surface area contributed by atoms with Crippen LogP contribution < -0.4 is 20.3 Å². The first-order valence-corrected chi connectivity index (χ1v) is 10.2. The molecule has 0 fully saturated rings. The molecule has 1 atom stereocenters. The van der Waals surface area contributed by atoms with Gasteiger partial charge in [0.1, 0.15) is 11.5 Å². The summed E-state index contributed by atoms with van der Waals surface area (Å²) in [5, 5.41) is 0. The summed E-state index contributed by atoms with van der Waals surface area (Å²) in [5.74, 6) is 0.113. The summed E-state index contributed by atoms with van der Waals surface area (Å²) in [4.78, 5) is 36.5. The Hall–Kier alpha value is -4.13. The van der Waals surface area contributed by atoms with Crippen LogP contribution in [0.25, 0.3) is 0 Å². The average Bonchev–Trinajstić information content (AvgIpc) is 2.83. The van der Waals surface area contributed by atoms with E-state index in [0.717, 1.165) is 0 Å². The molecule has 32 heavy (non-hydrogen) atoms. The highest BCUT2D eigenvalue weighted by Crippen LogP contribution is 2.16. The number of amides is 2. The summed E-state index contributed by atoms with van der Waals surface area (Å²) in [5.41, 5.74) is 5.78. The van der Waals surface area contributed by atoms with E-state index in [1.165, 1.54) is 0 Å². The molecule has 7 nitrogen and oxygen atoms in total. The Morgan fingerprint density at radius 2 is 1.34 bits per heavy atom. The number of carbonyl (C=O) groups excluding carboxylic acids is 3. The minimum absolute atomic E-state index is 0.0846. The van der Waals surface area contributed by atoms with Gasteiger partial charge in [0, 0.05) is 11.1 Å². The molecule has 2 amide bonds. The van der Waals surface area contributed by atoms with Crippen molar-refractivity contribution in [2.24, 2.45) is 0 Å². The van der Waals surface area contributed by atoms with Crippen molar-refractivity contribution in [3.05, 3.63) is 96.1 Å². The Kier molecular flexibility index (Phi) is 7.97. The number of carbonyl (C=O) groups is 3. The monoisotopic (exact) mass is 432 g/mol. The second-order valence-corrected chi connectivity index (χ2v) is 6.93. The van der Waals surface area contributed by atoms with E-state index in [1.54, 1.807) is 67.6 Å². The fourth-order valence-electron chi connectivity index (χ4n) is 2.77. The summed E-state index contributed by atoms with van der Waals surface area (Å²) in [6.45, 7) is 1.74. The summed E-state index contributed by atoms with van der Waals surface area (Å²) < 4.78 is 11.0. The maximum Gasteiger partial charge on any atom is 0.279 e. The molecule has 3 aromatic carbocycles. The first-order chi connectivity index (χ1) is 15.5. The van der Waals surface area contributed by atoms with Crippen molar-refractivity contribution >= 4 is 17.6 Å². The molecule has 0 saturated carbocycles. The van der Waals surface area contributed by atoms with Gasteiger partial charge in [0.25, 0.3) is 5.91 Å². The lowest BCUT2D eigenvalue weighted by atomic mass is 10.0. The van der Waals surface area contributed by atoms with Gasteiger partial charge < -0.3 is 9.47 Å². The lowest BCUT2D eigenvalue weighted by Gasteiger charge is -2.15.